The third-order valence-corrected chi connectivity index (χ3v) is 9.28. The van der Waals surface area contributed by atoms with Crippen LogP contribution in [0.2, 0.25) is 0 Å². The van der Waals surface area contributed by atoms with Crippen LogP contribution in [-0.2, 0) is 23.2 Å². The molecule has 0 aliphatic rings. The molecule has 7 rings (SSSR count). The molecule has 1 N–H and O–H groups in total. The van der Waals surface area contributed by atoms with E-state index in [1.54, 1.807) is 48.8 Å². The molecule has 7 aromatic rings. The van der Waals surface area contributed by atoms with Gasteiger partial charge in [0.05, 0.1) is 28.5 Å². The molecule has 0 amide bonds. The fraction of sp³-hybridized carbons (Fsp3) is 0.0526. The van der Waals surface area contributed by atoms with Crippen LogP contribution >= 0.6 is 0 Å². The Morgan fingerprint density at radius 2 is 1.23 bits per heavy atom. The number of benzene rings is 5. The molecule has 47 heavy (non-hydrogen) atoms. The normalized spacial score (nSPS) is 11.3. The van der Waals surface area contributed by atoms with Gasteiger partial charge in [0.2, 0.25) is 0 Å². The molecule has 0 spiro atoms. The fourth-order valence-electron chi connectivity index (χ4n) is 5.20. The number of nitrogens with one attached hydrogen (secondary N) is 1. The number of nitrogens with zero attached hydrogens (tertiary/aromatic N) is 3. The van der Waals surface area contributed by atoms with Crippen LogP contribution in [0.5, 0.6) is 11.5 Å². The summed E-state index contributed by atoms with van der Waals surface area (Å²) in [4.78, 5) is 9.34. The molecule has 0 aliphatic heterocycles. The summed E-state index contributed by atoms with van der Waals surface area (Å²) in [6.07, 6.45) is 3.15. The van der Waals surface area contributed by atoms with Crippen LogP contribution in [-0.4, -0.2) is 22.4 Å². The van der Waals surface area contributed by atoms with Crippen LogP contribution in [0.15, 0.2) is 157 Å². The molecule has 2 aromatic heterocycles. The van der Waals surface area contributed by atoms with E-state index in [9.17, 15) is 8.42 Å². The van der Waals surface area contributed by atoms with Crippen molar-refractivity contribution in [1.82, 2.24) is 13.9 Å². The fourth-order valence-corrected chi connectivity index (χ4v) is 6.73. The van der Waals surface area contributed by atoms with Crippen LogP contribution in [0.25, 0.3) is 22.3 Å². The van der Waals surface area contributed by atoms with E-state index in [1.807, 2.05) is 103 Å². The minimum Gasteiger partial charge on any atom is -0.489 e. The van der Waals surface area contributed by atoms with E-state index in [-0.39, 0.29) is 4.90 Å². The summed E-state index contributed by atoms with van der Waals surface area (Å²) < 4.78 is 41.7. The standard InChI is InChI=1S/C38H30N4O4S/c43-47(44,34-14-8-3-9-15-34)42-36-23-33(46-27-29-12-6-2-7-13-29)19-16-30(36)22-37(42)35-24-39-25-38(41-35)40-31-17-20-32(21-18-31)45-26-28-10-4-1-5-11-28/h1-25H,26-27H2,(H,40,41). The van der Waals surface area contributed by atoms with Crippen molar-refractivity contribution in [1.29, 1.82) is 0 Å². The molecular weight excluding hydrogens is 609 g/mol. The van der Waals surface area contributed by atoms with Gasteiger partial charge in [-0.05, 0) is 65.7 Å². The molecule has 0 bridgehead atoms. The second-order valence-electron chi connectivity index (χ2n) is 10.8. The molecule has 9 heteroatoms. The van der Waals surface area contributed by atoms with Crippen LogP contribution < -0.4 is 14.8 Å². The van der Waals surface area contributed by atoms with E-state index in [2.05, 4.69) is 10.3 Å². The number of fused-ring (bicyclic) bond motifs is 1. The zero-order valence-corrected chi connectivity index (χ0v) is 26.0. The van der Waals surface area contributed by atoms with Gasteiger partial charge in [0.15, 0.2) is 0 Å². The van der Waals surface area contributed by atoms with Gasteiger partial charge < -0.3 is 14.8 Å². The van der Waals surface area contributed by atoms with E-state index in [0.717, 1.165) is 28.0 Å². The predicted molar refractivity (Wildman–Crippen MR) is 183 cm³/mol. The quantitative estimate of drug-likeness (QED) is 0.152. The number of aromatic nitrogens is 3. The van der Waals surface area contributed by atoms with Crippen molar-refractivity contribution in [2.75, 3.05) is 5.32 Å². The third-order valence-electron chi connectivity index (χ3n) is 7.53. The Balaban J connectivity index is 1.20. The van der Waals surface area contributed by atoms with Gasteiger partial charge in [0.1, 0.15) is 36.2 Å². The zero-order chi connectivity index (χ0) is 32.1. The largest absolute Gasteiger partial charge is 0.489 e. The van der Waals surface area contributed by atoms with Gasteiger partial charge in [0, 0.05) is 17.1 Å². The summed E-state index contributed by atoms with van der Waals surface area (Å²) in [5.41, 5.74) is 4.12. The highest BCUT2D eigenvalue weighted by Crippen LogP contribution is 2.34. The molecule has 0 atom stereocenters. The predicted octanol–water partition coefficient (Wildman–Crippen LogP) is 8.24. The van der Waals surface area contributed by atoms with E-state index < -0.39 is 10.0 Å². The summed E-state index contributed by atoms with van der Waals surface area (Å²) in [6, 6.07) is 42.9. The molecule has 0 radical (unpaired) electrons. The lowest BCUT2D eigenvalue weighted by Gasteiger charge is -2.13. The van der Waals surface area contributed by atoms with Crippen molar-refractivity contribution in [3.05, 3.63) is 163 Å². The minimum absolute atomic E-state index is 0.158. The van der Waals surface area contributed by atoms with Crippen molar-refractivity contribution in [2.24, 2.45) is 0 Å². The first-order valence-corrected chi connectivity index (χ1v) is 16.5. The number of hydrogen-bond donors (Lipinski definition) is 1. The third kappa shape index (κ3) is 6.70. The molecule has 2 heterocycles. The van der Waals surface area contributed by atoms with Crippen molar-refractivity contribution in [3.8, 4) is 22.9 Å². The lowest BCUT2D eigenvalue weighted by atomic mass is 10.2. The van der Waals surface area contributed by atoms with Gasteiger partial charge >= 0.3 is 0 Å². The summed E-state index contributed by atoms with van der Waals surface area (Å²) in [5, 5.41) is 3.99. The lowest BCUT2D eigenvalue weighted by Crippen LogP contribution is -2.14. The summed E-state index contributed by atoms with van der Waals surface area (Å²) in [6.45, 7) is 0.826. The highest BCUT2D eigenvalue weighted by Gasteiger charge is 2.25. The van der Waals surface area contributed by atoms with Crippen molar-refractivity contribution < 1.29 is 17.9 Å². The average Bonchev–Trinajstić information content (AvgIpc) is 3.52. The van der Waals surface area contributed by atoms with Crippen LogP contribution in [0.3, 0.4) is 0 Å². The van der Waals surface area contributed by atoms with Crippen LogP contribution in [0.4, 0.5) is 11.5 Å². The maximum Gasteiger partial charge on any atom is 0.268 e. The molecule has 0 aliphatic carbocycles. The lowest BCUT2D eigenvalue weighted by molar-refractivity contribution is 0.306. The number of hydrogen-bond acceptors (Lipinski definition) is 7. The van der Waals surface area contributed by atoms with Crippen molar-refractivity contribution >= 4 is 32.4 Å². The summed E-state index contributed by atoms with van der Waals surface area (Å²) in [7, 11) is -4.03. The molecule has 0 fully saturated rings. The van der Waals surface area contributed by atoms with Crippen molar-refractivity contribution in [3.63, 3.8) is 0 Å². The van der Waals surface area contributed by atoms with E-state index in [4.69, 9.17) is 14.5 Å². The summed E-state index contributed by atoms with van der Waals surface area (Å²) >= 11 is 0. The monoisotopic (exact) mass is 638 g/mol. The molecular formula is C38H30N4O4S. The molecule has 232 valence electrons. The molecule has 0 saturated carbocycles. The van der Waals surface area contributed by atoms with Crippen LogP contribution in [0, 0.1) is 0 Å². The molecule has 8 nitrogen and oxygen atoms in total. The molecule has 0 saturated heterocycles. The van der Waals surface area contributed by atoms with Gasteiger partial charge in [-0.3, -0.25) is 4.98 Å². The Morgan fingerprint density at radius 1 is 0.638 bits per heavy atom. The average molecular weight is 639 g/mol. The minimum atomic E-state index is -4.03. The first-order valence-electron chi connectivity index (χ1n) is 15.0. The van der Waals surface area contributed by atoms with Gasteiger partial charge in [-0.1, -0.05) is 78.9 Å². The SMILES string of the molecule is O=S(=O)(c1ccccc1)n1c(-c2cncc(Nc3ccc(OCc4ccccc4)cc3)n2)cc2ccc(OCc3ccccc3)cc21. The van der Waals surface area contributed by atoms with Crippen LogP contribution in [0.1, 0.15) is 11.1 Å². The Hall–Kier alpha value is -5.93. The van der Waals surface area contributed by atoms with Gasteiger partial charge in [0.25, 0.3) is 10.0 Å². The number of ether oxygens (including phenoxy) is 2. The Kier molecular flexibility index (Phi) is 8.36. The highest BCUT2D eigenvalue weighted by molar-refractivity contribution is 7.90. The highest BCUT2D eigenvalue weighted by atomic mass is 32.2. The van der Waals surface area contributed by atoms with Gasteiger partial charge in [-0.2, -0.15) is 0 Å². The topological polar surface area (TPSA) is 95.3 Å². The van der Waals surface area contributed by atoms with Crippen molar-refractivity contribution in [2.45, 2.75) is 18.1 Å². The van der Waals surface area contributed by atoms with Gasteiger partial charge in [-0.15, -0.1) is 0 Å². The maximum absolute atomic E-state index is 14.2. The first kappa shape index (κ1) is 29.8. The zero-order valence-electron chi connectivity index (χ0n) is 25.2. The molecule has 0 unspecified atom stereocenters. The molecule has 5 aromatic carbocycles. The number of anilines is 2. The second kappa shape index (κ2) is 13.2. The Labute approximate surface area is 273 Å². The Bertz CT molecular complexity index is 2220. The summed E-state index contributed by atoms with van der Waals surface area (Å²) in [5.74, 6) is 1.75. The Morgan fingerprint density at radius 3 is 1.89 bits per heavy atom. The first-order chi connectivity index (χ1) is 23.0. The maximum atomic E-state index is 14.2. The van der Waals surface area contributed by atoms with E-state index in [1.165, 1.54) is 3.97 Å². The number of rotatable bonds is 11. The second-order valence-corrected chi connectivity index (χ2v) is 12.6. The van der Waals surface area contributed by atoms with E-state index >= 15 is 0 Å². The van der Waals surface area contributed by atoms with E-state index in [0.29, 0.717) is 41.7 Å². The van der Waals surface area contributed by atoms with Gasteiger partial charge in [-0.25, -0.2) is 17.4 Å². The smallest absolute Gasteiger partial charge is 0.268 e.